The van der Waals surface area contributed by atoms with Gasteiger partial charge in [-0.3, -0.25) is 4.79 Å². The number of benzene rings is 3. The zero-order chi connectivity index (χ0) is 25.4. The molecule has 1 heterocycles. The Balaban J connectivity index is 1.75. The fourth-order valence-corrected chi connectivity index (χ4v) is 5.29. The predicted molar refractivity (Wildman–Crippen MR) is 136 cm³/mol. The second-order valence-corrected chi connectivity index (χ2v) is 10.1. The average molecular weight is 541 g/mol. The summed E-state index contributed by atoms with van der Waals surface area (Å²) in [6.45, 7) is 1.91. The third-order valence-corrected chi connectivity index (χ3v) is 7.06. The summed E-state index contributed by atoms with van der Waals surface area (Å²) in [5.74, 6) is 0.500. The van der Waals surface area contributed by atoms with Gasteiger partial charge in [-0.05, 0) is 48.2 Å². The first-order chi connectivity index (χ1) is 16.6. The molecule has 0 saturated carbocycles. The van der Waals surface area contributed by atoms with Gasteiger partial charge in [0, 0.05) is 45.0 Å². The number of oxime groups is 1. The Bertz CT molecular complexity index is 1300. The summed E-state index contributed by atoms with van der Waals surface area (Å²) >= 11 is 13.6. The van der Waals surface area contributed by atoms with Crippen LogP contribution in [-0.4, -0.2) is 35.8 Å². The molecule has 10 heteroatoms. The van der Waals surface area contributed by atoms with Gasteiger partial charge >= 0.3 is 6.18 Å². The van der Waals surface area contributed by atoms with Gasteiger partial charge in [-0.2, -0.15) is 24.9 Å². The Morgan fingerprint density at radius 3 is 2.43 bits per heavy atom. The first-order valence-corrected chi connectivity index (χ1v) is 12.8. The van der Waals surface area contributed by atoms with E-state index in [1.54, 1.807) is 48.2 Å². The van der Waals surface area contributed by atoms with Gasteiger partial charge in [-0.25, -0.2) is 0 Å². The normalized spacial score (nSPS) is 18.8. The summed E-state index contributed by atoms with van der Waals surface area (Å²) in [4.78, 5) is 18.0. The van der Waals surface area contributed by atoms with E-state index >= 15 is 0 Å². The second kappa shape index (κ2) is 9.91. The van der Waals surface area contributed by atoms with Crippen molar-refractivity contribution in [2.45, 2.75) is 31.2 Å². The number of carbonyl (C=O) groups is 1. The number of amides is 1. The number of nitrogens with zero attached hydrogens (tertiary/aromatic N) is 1. The number of fused-ring (bicyclic) bond motifs is 1. The van der Waals surface area contributed by atoms with Crippen molar-refractivity contribution in [2.75, 3.05) is 12.0 Å². The molecule has 4 nitrogen and oxygen atoms in total. The van der Waals surface area contributed by atoms with Gasteiger partial charge in [0.2, 0.25) is 0 Å². The number of nitrogens with one attached hydrogen (secondary N) is 1. The van der Waals surface area contributed by atoms with Crippen LogP contribution in [0.5, 0.6) is 0 Å². The van der Waals surface area contributed by atoms with E-state index in [2.05, 4.69) is 10.5 Å². The molecule has 3 aromatic carbocycles. The fraction of sp³-hybridized carbons (Fsp3) is 0.280. The lowest BCUT2D eigenvalue weighted by molar-refractivity contribution is -0.275. The quantitative estimate of drug-likeness (QED) is 0.359. The zero-order valence-corrected chi connectivity index (χ0v) is 21.1. The van der Waals surface area contributed by atoms with Crippen LogP contribution in [-0.2, 0) is 10.4 Å². The molecule has 1 amide bonds. The molecule has 0 aliphatic carbocycles. The Kier molecular flexibility index (Phi) is 7.27. The number of alkyl halides is 3. The average Bonchev–Trinajstić information content (AvgIpc) is 3.24. The molecule has 2 atom stereocenters. The number of halogens is 5. The van der Waals surface area contributed by atoms with Crippen molar-refractivity contribution in [3.63, 3.8) is 0 Å². The molecule has 1 aliphatic heterocycles. The van der Waals surface area contributed by atoms with Gasteiger partial charge in [0.05, 0.1) is 5.71 Å². The number of hydrogen-bond acceptors (Lipinski definition) is 4. The van der Waals surface area contributed by atoms with Gasteiger partial charge in [-0.1, -0.05) is 58.7 Å². The van der Waals surface area contributed by atoms with Gasteiger partial charge in [0.15, 0.2) is 0 Å². The molecule has 0 aromatic heterocycles. The molecule has 4 rings (SSSR count). The Hall–Kier alpha value is -2.42. The largest absolute Gasteiger partial charge is 0.435 e. The van der Waals surface area contributed by atoms with Crippen LogP contribution in [0.1, 0.15) is 34.8 Å². The third kappa shape index (κ3) is 4.97. The molecule has 0 fully saturated rings. The highest BCUT2D eigenvalue weighted by Crippen LogP contribution is 2.50. The van der Waals surface area contributed by atoms with Crippen LogP contribution < -0.4 is 5.32 Å². The molecule has 0 radical (unpaired) electrons. The molecule has 184 valence electrons. The van der Waals surface area contributed by atoms with E-state index < -0.39 is 18.2 Å². The summed E-state index contributed by atoms with van der Waals surface area (Å²) in [6, 6.07) is 13.9. The maximum Gasteiger partial charge on any atom is 0.435 e. The topological polar surface area (TPSA) is 50.7 Å². The van der Waals surface area contributed by atoms with Crippen LogP contribution in [0.15, 0.2) is 59.8 Å². The van der Waals surface area contributed by atoms with Crippen LogP contribution in [0.3, 0.4) is 0 Å². The van der Waals surface area contributed by atoms with Crippen molar-refractivity contribution in [3.8, 4) is 0 Å². The molecular weight excluding hydrogens is 520 g/mol. The molecule has 1 aliphatic rings. The van der Waals surface area contributed by atoms with E-state index in [0.29, 0.717) is 21.9 Å². The van der Waals surface area contributed by atoms with Gasteiger partial charge in [0.1, 0.15) is 0 Å². The number of thioether (sulfide) groups is 1. The van der Waals surface area contributed by atoms with Gasteiger partial charge in [0.25, 0.3) is 11.5 Å². The van der Waals surface area contributed by atoms with E-state index in [9.17, 15) is 18.0 Å². The summed E-state index contributed by atoms with van der Waals surface area (Å²) in [5.41, 5.74) is -1.97. The molecule has 0 saturated heterocycles. The van der Waals surface area contributed by atoms with Crippen LogP contribution in [0.25, 0.3) is 10.8 Å². The maximum absolute atomic E-state index is 14.4. The zero-order valence-electron chi connectivity index (χ0n) is 18.7. The monoisotopic (exact) mass is 540 g/mol. The summed E-state index contributed by atoms with van der Waals surface area (Å²) in [6.07, 6.45) is -3.42. The summed E-state index contributed by atoms with van der Waals surface area (Å²) in [7, 11) is 0. The molecule has 0 bridgehead atoms. The molecule has 35 heavy (non-hydrogen) atoms. The maximum atomic E-state index is 14.4. The lowest BCUT2D eigenvalue weighted by Crippen LogP contribution is -2.42. The Labute approximate surface area is 214 Å². The van der Waals surface area contributed by atoms with E-state index in [4.69, 9.17) is 28.0 Å². The molecule has 1 N–H and O–H groups in total. The fourth-order valence-electron chi connectivity index (χ4n) is 4.18. The molecule has 1 unspecified atom stereocenters. The van der Waals surface area contributed by atoms with Gasteiger partial charge < -0.3 is 10.2 Å². The SMILES string of the molecule is CSC[C@@H](C)NC(=O)c1ccc(C2=NOC(c3cc(Cl)cc(Cl)c3)(C(F)(F)F)C2)c2ccccc12. The second-order valence-electron chi connectivity index (χ2n) is 8.33. The number of hydrogen-bond donors (Lipinski definition) is 1. The van der Waals surface area contributed by atoms with Crippen molar-refractivity contribution in [3.05, 3.63) is 81.3 Å². The molecule has 3 aromatic rings. The van der Waals surface area contributed by atoms with Crippen molar-refractivity contribution >= 4 is 57.4 Å². The smallest absolute Gasteiger partial charge is 0.374 e. The van der Waals surface area contributed by atoms with Crippen molar-refractivity contribution in [1.29, 1.82) is 0 Å². The van der Waals surface area contributed by atoms with Crippen molar-refractivity contribution in [1.82, 2.24) is 5.32 Å². The van der Waals surface area contributed by atoms with E-state index in [0.717, 1.165) is 5.75 Å². The molecular formula is C25H21Cl2F3N2O2S. The van der Waals surface area contributed by atoms with Crippen molar-refractivity contribution < 1.29 is 22.8 Å². The number of carbonyl (C=O) groups excluding carboxylic acids is 1. The van der Waals surface area contributed by atoms with Crippen molar-refractivity contribution in [2.24, 2.45) is 5.16 Å². The standard InChI is InChI=1S/C25H21Cl2F3N2O2S/c1-14(13-35-2)31-23(33)21-8-7-20(18-5-3-4-6-19(18)21)22-12-24(34-32-22,25(28,29)30)15-9-16(26)11-17(27)10-15/h3-11,14H,12-13H2,1-2H3,(H,31,33)/t14-,24?/m1/s1. The van der Waals surface area contributed by atoms with Crippen LogP contribution >= 0.6 is 35.0 Å². The number of rotatable bonds is 6. The Morgan fingerprint density at radius 1 is 1.14 bits per heavy atom. The minimum absolute atomic E-state index is 0.0412. The lowest BCUT2D eigenvalue weighted by atomic mass is 9.85. The van der Waals surface area contributed by atoms with Crippen LogP contribution in [0, 0.1) is 0 Å². The van der Waals surface area contributed by atoms with E-state index in [1.165, 1.54) is 18.2 Å². The van der Waals surface area contributed by atoms with E-state index in [-0.39, 0.29) is 33.3 Å². The predicted octanol–water partition coefficient (Wildman–Crippen LogP) is 7.21. The van der Waals surface area contributed by atoms with Crippen LogP contribution in [0.4, 0.5) is 13.2 Å². The first-order valence-electron chi connectivity index (χ1n) is 10.7. The summed E-state index contributed by atoms with van der Waals surface area (Å²) < 4.78 is 43.1. The highest BCUT2D eigenvalue weighted by molar-refractivity contribution is 7.98. The molecule has 0 spiro atoms. The Morgan fingerprint density at radius 2 is 1.80 bits per heavy atom. The minimum atomic E-state index is -4.80. The summed E-state index contributed by atoms with van der Waals surface area (Å²) in [5, 5.41) is 8.15. The van der Waals surface area contributed by atoms with Crippen LogP contribution in [0.2, 0.25) is 10.0 Å². The first kappa shape index (κ1) is 25.7. The lowest BCUT2D eigenvalue weighted by Gasteiger charge is -2.29. The van der Waals surface area contributed by atoms with Gasteiger partial charge in [-0.15, -0.1) is 0 Å². The van der Waals surface area contributed by atoms with E-state index in [1.807, 2.05) is 13.2 Å². The third-order valence-electron chi connectivity index (χ3n) is 5.79. The highest BCUT2D eigenvalue weighted by Gasteiger charge is 2.62. The highest BCUT2D eigenvalue weighted by atomic mass is 35.5. The minimum Gasteiger partial charge on any atom is -0.374 e.